The normalized spacial score (nSPS) is 11.9. The molecule has 4 nitrogen and oxygen atoms in total. The Morgan fingerprint density at radius 1 is 1.12 bits per heavy atom. The second-order valence-corrected chi connectivity index (χ2v) is 4.49. The fraction of sp³-hybridized carbons (Fsp3) is 0.500. The molecule has 0 radical (unpaired) electrons. The molecule has 0 aliphatic carbocycles. The van der Waals surface area contributed by atoms with Gasteiger partial charge in [-0.25, -0.2) is 9.59 Å². The van der Waals surface area contributed by atoms with E-state index in [1.165, 1.54) is 13.8 Å². The summed E-state index contributed by atoms with van der Waals surface area (Å²) in [4.78, 5) is 22.5. The average Bonchev–Trinajstić information content (AvgIpc) is 2.10. The predicted molar refractivity (Wildman–Crippen MR) is 60.5 cm³/mol. The van der Waals surface area contributed by atoms with Crippen molar-refractivity contribution in [2.24, 2.45) is 0 Å². The van der Waals surface area contributed by atoms with Crippen molar-refractivity contribution in [3.8, 4) is 0 Å². The van der Waals surface area contributed by atoms with Crippen LogP contribution in [0.4, 0.5) is 0 Å². The molecular weight excluding hydrogens is 208 g/mol. The zero-order valence-corrected chi connectivity index (χ0v) is 10.4. The zero-order chi connectivity index (χ0) is 12.9. The summed E-state index contributed by atoms with van der Waals surface area (Å²) in [5.74, 6) is -1.08. The summed E-state index contributed by atoms with van der Waals surface area (Å²) in [6.45, 7) is 11.7. The highest BCUT2D eigenvalue weighted by Gasteiger charge is 2.17. The van der Waals surface area contributed by atoms with Crippen molar-refractivity contribution in [3.05, 3.63) is 24.0 Å². The van der Waals surface area contributed by atoms with Gasteiger partial charge in [0.15, 0.2) is 0 Å². The minimum atomic E-state index is -0.567. The molecule has 0 rings (SSSR count). The van der Waals surface area contributed by atoms with Crippen LogP contribution in [0.15, 0.2) is 24.0 Å². The molecule has 0 aromatic carbocycles. The van der Waals surface area contributed by atoms with E-state index < -0.39 is 17.5 Å². The number of carbonyl (C=O) groups is 2. The van der Waals surface area contributed by atoms with Gasteiger partial charge in [-0.3, -0.25) is 0 Å². The molecule has 0 N–H and O–H groups in total. The summed E-state index contributed by atoms with van der Waals surface area (Å²) in [5, 5.41) is 0. The minimum Gasteiger partial charge on any atom is -0.457 e. The fourth-order valence-electron chi connectivity index (χ4n) is 0.649. The Bertz CT molecular complexity index is 331. The van der Waals surface area contributed by atoms with Crippen molar-refractivity contribution in [2.75, 3.05) is 0 Å². The second kappa shape index (κ2) is 5.49. The predicted octanol–water partition coefficient (Wildman–Crippen LogP) is 2.35. The molecule has 90 valence electrons. The molecule has 0 saturated carbocycles. The molecule has 4 heteroatoms. The summed E-state index contributed by atoms with van der Waals surface area (Å²) in [6.07, 6.45) is 1.07. The maximum Gasteiger partial charge on any atom is 0.337 e. The summed E-state index contributed by atoms with van der Waals surface area (Å²) < 4.78 is 9.77. The Balaban J connectivity index is 4.39. The number of ether oxygens (including phenoxy) is 2. The van der Waals surface area contributed by atoms with Crippen LogP contribution in [-0.4, -0.2) is 17.5 Å². The Labute approximate surface area is 95.9 Å². The third-order valence-electron chi connectivity index (χ3n) is 1.41. The third kappa shape index (κ3) is 6.01. The van der Waals surface area contributed by atoms with E-state index in [0.717, 1.165) is 6.26 Å². The van der Waals surface area contributed by atoms with Crippen LogP contribution in [0.5, 0.6) is 0 Å². The molecule has 0 bridgehead atoms. The van der Waals surface area contributed by atoms with Crippen molar-refractivity contribution >= 4 is 11.9 Å². The molecular formula is C12H18O4. The van der Waals surface area contributed by atoms with E-state index in [-0.39, 0.29) is 11.1 Å². The summed E-state index contributed by atoms with van der Waals surface area (Å²) in [7, 11) is 0. The molecule has 0 atom stereocenters. The first kappa shape index (κ1) is 14.4. The van der Waals surface area contributed by atoms with Crippen LogP contribution in [0.2, 0.25) is 0 Å². The molecule has 0 saturated heterocycles. The maximum atomic E-state index is 11.4. The van der Waals surface area contributed by atoms with Crippen LogP contribution >= 0.6 is 0 Å². The van der Waals surface area contributed by atoms with E-state index in [1.807, 2.05) is 0 Å². The largest absolute Gasteiger partial charge is 0.457 e. The van der Waals surface area contributed by atoms with Gasteiger partial charge in [0.05, 0.1) is 5.57 Å². The lowest BCUT2D eigenvalue weighted by Gasteiger charge is -2.19. The van der Waals surface area contributed by atoms with Gasteiger partial charge in [-0.2, -0.15) is 0 Å². The Morgan fingerprint density at radius 3 is 2.00 bits per heavy atom. The van der Waals surface area contributed by atoms with Gasteiger partial charge in [0.25, 0.3) is 0 Å². The van der Waals surface area contributed by atoms with Gasteiger partial charge in [0.2, 0.25) is 0 Å². The summed E-state index contributed by atoms with van der Waals surface area (Å²) in [6, 6.07) is 0. The number of hydrogen-bond acceptors (Lipinski definition) is 4. The first-order valence-electron chi connectivity index (χ1n) is 4.90. The highest BCUT2D eigenvalue weighted by molar-refractivity contribution is 5.90. The van der Waals surface area contributed by atoms with E-state index >= 15 is 0 Å². The van der Waals surface area contributed by atoms with Gasteiger partial charge < -0.3 is 9.47 Å². The van der Waals surface area contributed by atoms with Crippen molar-refractivity contribution in [2.45, 2.75) is 40.2 Å². The Hall–Kier alpha value is -1.58. The molecule has 0 spiro atoms. The molecule has 0 aliphatic heterocycles. The highest BCUT2D eigenvalue weighted by atomic mass is 16.6. The van der Waals surface area contributed by atoms with Crippen LogP contribution in [0.25, 0.3) is 0 Å². The van der Waals surface area contributed by atoms with Gasteiger partial charge in [-0.05, 0) is 34.6 Å². The van der Waals surface area contributed by atoms with Crippen LogP contribution in [0.3, 0.4) is 0 Å². The SMILES string of the molecule is C=C(C)C(=O)OC=C(C)C(=O)OC(C)(C)C. The lowest BCUT2D eigenvalue weighted by Crippen LogP contribution is -2.24. The number of hydrogen-bond donors (Lipinski definition) is 0. The van der Waals surface area contributed by atoms with E-state index in [9.17, 15) is 9.59 Å². The third-order valence-corrected chi connectivity index (χ3v) is 1.41. The van der Waals surface area contributed by atoms with Crippen molar-refractivity contribution in [3.63, 3.8) is 0 Å². The quantitative estimate of drug-likeness (QED) is 0.421. The molecule has 16 heavy (non-hydrogen) atoms. The fourth-order valence-corrected chi connectivity index (χ4v) is 0.649. The number of carbonyl (C=O) groups excluding carboxylic acids is 2. The topological polar surface area (TPSA) is 52.6 Å². The van der Waals surface area contributed by atoms with Crippen molar-refractivity contribution in [1.82, 2.24) is 0 Å². The smallest absolute Gasteiger partial charge is 0.337 e. The van der Waals surface area contributed by atoms with Gasteiger partial charge in [-0.1, -0.05) is 6.58 Å². The molecule has 0 aromatic heterocycles. The van der Waals surface area contributed by atoms with Gasteiger partial charge in [0, 0.05) is 5.57 Å². The van der Waals surface area contributed by atoms with Crippen LogP contribution < -0.4 is 0 Å². The Kier molecular flexibility index (Phi) is 4.95. The molecule has 0 unspecified atom stereocenters. The van der Waals surface area contributed by atoms with Gasteiger partial charge >= 0.3 is 11.9 Å². The van der Waals surface area contributed by atoms with Crippen LogP contribution in [0, 0.1) is 0 Å². The highest BCUT2D eigenvalue weighted by Crippen LogP contribution is 2.10. The van der Waals surface area contributed by atoms with E-state index in [1.54, 1.807) is 20.8 Å². The molecule has 0 amide bonds. The van der Waals surface area contributed by atoms with Gasteiger partial charge in [-0.15, -0.1) is 0 Å². The summed E-state index contributed by atoms with van der Waals surface area (Å²) in [5.41, 5.74) is -0.0670. The first-order valence-corrected chi connectivity index (χ1v) is 4.90. The van der Waals surface area contributed by atoms with E-state index in [0.29, 0.717) is 0 Å². The molecule has 0 aromatic rings. The van der Waals surface area contributed by atoms with E-state index in [2.05, 4.69) is 6.58 Å². The maximum absolute atomic E-state index is 11.4. The molecule has 0 fully saturated rings. The average molecular weight is 226 g/mol. The second-order valence-electron chi connectivity index (χ2n) is 4.49. The lowest BCUT2D eigenvalue weighted by molar-refractivity contribution is -0.150. The minimum absolute atomic E-state index is 0.226. The van der Waals surface area contributed by atoms with Crippen molar-refractivity contribution < 1.29 is 19.1 Å². The van der Waals surface area contributed by atoms with Gasteiger partial charge in [0.1, 0.15) is 11.9 Å². The lowest BCUT2D eigenvalue weighted by atomic mass is 10.2. The number of esters is 2. The monoisotopic (exact) mass is 226 g/mol. The van der Waals surface area contributed by atoms with Crippen LogP contribution in [-0.2, 0) is 19.1 Å². The van der Waals surface area contributed by atoms with E-state index in [4.69, 9.17) is 9.47 Å². The molecule has 0 aliphatic rings. The molecule has 0 heterocycles. The Morgan fingerprint density at radius 2 is 1.62 bits per heavy atom. The zero-order valence-electron chi connectivity index (χ0n) is 10.4. The van der Waals surface area contributed by atoms with Crippen LogP contribution in [0.1, 0.15) is 34.6 Å². The summed E-state index contributed by atoms with van der Waals surface area (Å²) >= 11 is 0. The standard InChI is InChI=1S/C12H18O4/c1-8(2)10(13)15-7-9(3)11(14)16-12(4,5)6/h7H,1H2,2-6H3. The number of rotatable bonds is 3. The first-order chi connectivity index (χ1) is 7.13. The van der Waals surface area contributed by atoms with Crippen molar-refractivity contribution in [1.29, 1.82) is 0 Å².